The van der Waals surface area contributed by atoms with Crippen LogP contribution in [0, 0.1) is 0 Å². The Labute approximate surface area is 91.4 Å². The predicted octanol–water partition coefficient (Wildman–Crippen LogP) is 2.62. The van der Waals surface area contributed by atoms with E-state index in [1.807, 2.05) is 0 Å². The van der Waals surface area contributed by atoms with Crippen molar-refractivity contribution in [1.29, 1.82) is 0 Å². The van der Waals surface area contributed by atoms with Gasteiger partial charge in [0.2, 0.25) is 5.91 Å². The van der Waals surface area contributed by atoms with Gasteiger partial charge in [-0.2, -0.15) is 0 Å². The maximum Gasteiger partial charge on any atom is 0.414 e. The van der Waals surface area contributed by atoms with E-state index >= 15 is 0 Å². The molecule has 0 atom stereocenters. The highest BCUT2D eigenvalue weighted by atomic mass is 16.6. The Balaban J connectivity index is 3.72. The maximum absolute atomic E-state index is 11.2. The van der Waals surface area contributed by atoms with E-state index < -0.39 is 11.7 Å². The molecule has 0 saturated heterocycles. The topological polar surface area (TPSA) is 55.4 Å². The summed E-state index contributed by atoms with van der Waals surface area (Å²) in [5.74, 6) is -0.266. The van der Waals surface area contributed by atoms with Crippen LogP contribution in [-0.2, 0) is 9.53 Å². The third-order valence-corrected chi connectivity index (χ3v) is 1.65. The van der Waals surface area contributed by atoms with Crippen molar-refractivity contribution < 1.29 is 14.3 Å². The van der Waals surface area contributed by atoms with Crippen LogP contribution in [0.5, 0.6) is 0 Å². The van der Waals surface area contributed by atoms with E-state index in [2.05, 4.69) is 12.2 Å². The van der Waals surface area contributed by atoms with E-state index in [-0.39, 0.29) is 5.91 Å². The maximum atomic E-state index is 11.2. The fourth-order valence-electron chi connectivity index (χ4n) is 1.02. The first-order valence-corrected chi connectivity index (χ1v) is 5.38. The van der Waals surface area contributed by atoms with Crippen molar-refractivity contribution in [2.75, 3.05) is 0 Å². The summed E-state index contributed by atoms with van der Waals surface area (Å²) in [5.41, 5.74) is -0.562. The molecule has 0 aromatic carbocycles. The molecule has 0 spiro atoms. The molecule has 0 fully saturated rings. The molecule has 0 saturated carbocycles. The first kappa shape index (κ1) is 13.9. The van der Waals surface area contributed by atoms with Gasteiger partial charge in [-0.15, -0.1) is 0 Å². The first-order chi connectivity index (χ1) is 6.85. The summed E-state index contributed by atoms with van der Waals surface area (Å²) in [5, 5.41) is 2.20. The van der Waals surface area contributed by atoms with Crippen LogP contribution in [0.25, 0.3) is 0 Å². The Morgan fingerprint density at radius 2 is 1.80 bits per heavy atom. The SMILES string of the molecule is CCCCCC(=O)NC(=O)OC(C)(C)C. The predicted molar refractivity (Wildman–Crippen MR) is 58.5 cm³/mol. The van der Waals surface area contributed by atoms with Gasteiger partial charge in [0.05, 0.1) is 0 Å². The molecule has 0 aliphatic carbocycles. The average molecular weight is 215 g/mol. The second-order valence-electron chi connectivity index (χ2n) is 4.51. The number of hydrogen-bond donors (Lipinski definition) is 1. The van der Waals surface area contributed by atoms with E-state index in [0.29, 0.717) is 6.42 Å². The number of unbranched alkanes of at least 4 members (excludes halogenated alkanes) is 2. The van der Waals surface area contributed by atoms with E-state index in [9.17, 15) is 9.59 Å². The second kappa shape index (κ2) is 6.43. The minimum atomic E-state index is -0.663. The summed E-state index contributed by atoms with van der Waals surface area (Å²) in [6.07, 6.45) is 2.59. The molecule has 0 rings (SSSR count). The highest BCUT2D eigenvalue weighted by Crippen LogP contribution is 2.06. The van der Waals surface area contributed by atoms with Crippen LogP contribution in [0.15, 0.2) is 0 Å². The number of hydrogen-bond acceptors (Lipinski definition) is 3. The molecule has 4 heteroatoms. The number of ether oxygens (including phenoxy) is 1. The molecule has 15 heavy (non-hydrogen) atoms. The van der Waals surface area contributed by atoms with Crippen LogP contribution in [0.1, 0.15) is 53.4 Å². The van der Waals surface area contributed by atoms with Gasteiger partial charge in [0.25, 0.3) is 0 Å². The Kier molecular flexibility index (Phi) is 5.97. The summed E-state index contributed by atoms with van der Waals surface area (Å²) in [6.45, 7) is 7.34. The van der Waals surface area contributed by atoms with Crippen LogP contribution >= 0.6 is 0 Å². The third-order valence-electron chi connectivity index (χ3n) is 1.65. The molecule has 0 aromatic rings. The average Bonchev–Trinajstić information content (AvgIpc) is 2.00. The van der Waals surface area contributed by atoms with Gasteiger partial charge in [0.1, 0.15) is 5.60 Å². The molecule has 0 aliphatic heterocycles. The molecule has 88 valence electrons. The first-order valence-electron chi connectivity index (χ1n) is 5.38. The normalized spacial score (nSPS) is 10.9. The second-order valence-corrected chi connectivity index (χ2v) is 4.51. The lowest BCUT2D eigenvalue weighted by Crippen LogP contribution is -2.36. The fraction of sp³-hybridized carbons (Fsp3) is 0.818. The molecule has 4 nitrogen and oxygen atoms in total. The van der Waals surface area contributed by atoms with Crippen molar-refractivity contribution in [3.63, 3.8) is 0 Å². The van der Waals surface area contributed by atoms with Gasteiger partial charge in [-0.1, -0.05) is 19.8 Å². The molecule has 1 N–H and O–H groups in total. The van der Waals surface area contributed by atoms with Crippen molar-refractivity contribution in [3.05, 3.63) is 0 Å². The van der Waals surface area contributed by atoms with Crippen molar-refractivity contribution in [2.24, 2.45) is 0 Å². The van der Waals surface area contributed by atoms with E-state index in [4.69, 9.17) is 4.74 Å². The lowest BCUT2D eigenvalue weighted by Gasteiger charge is -2.19. The van der Waals surface area contributed by atoms with Gasteiger partial charge in [-0.05, 0) is 27.2 Å². The number of nitrogens with one attached hydrogen (secondary N) is 1. The molecule has 0 bridgehead atoms. The number of carbonyl (C=O) groups is 2. The van der Waals surface area contributed by atoms with Gasteiger partial charge in [0.15, 0.2) is 0 Å². The summed E-state index contributed by atoms with van der Waals surface area (Å²) >= 11 is 0. The summed E-state index contributed by atoms with van der Waals surface area (Å²) in [4.78, 5) is 22.3. The Hall–Kier alpha value is -1.06. The van der Waals surface area contributed by atoms with E-state index in [1.165, 1.54) is 0 Å². The Morgan fingerprint density at radius 3 is 2.27 bits per heavy atom. The standard InChI is InChI=1S/C11H21NO3/c1-5-6-7-8-9(13)12-10(14)15-11(2,3)4/h5-8H2,1-4H3,(H,12,13,14). The van der Waals surface area contributed by atoms with Crippen LogP contribution in [0.3, 0.4) is 0 Å². The largest absolute Gasteiger partial charge is 0.444 e. The van der Waals surface area contributed by atoms with Crippen molar-refractivity contribution in [1.82, 2.24) is 5.32 Å². The number of imide groups is 1. The lowest BCUT2D eigenvalue weighted by molar-refractivity contribution is -0.120. The highest BCUT2D eigenvalue weighted by molar-refractivity contribution is 5.91. The molecule has 0 aliphatic rings. The van der Waals surface area contributed by atoms with E-state index in [1.54, 1.807) is 20.8 Å². The van der Waals surface area contributed by atoms with Crippen molar-refractivity contribution in [3.8, 4) is 0 Å². The zero-order chi connectivity index (χ0) is 11.9. The minimum Gasteiger partial charge on any atom is -0.444 e. The molecule has 0 aromatic heterocycles. The van der Waals surface area contributed by atoms with Gasteiger partial charge in [-0.25, -0.2) is 4.79 Å². The van der Waals surface area contributed by atoms with Gasteiger partial charge >= 0.3 is 6.09 Å². The number of rotatable bonds is 4. The Bertz CT molecular complexity index is 218. The molecule has 0 heterocycles. The van der Waals surface area contributed by atoms with Gasteiger partial charge < -0.3 is 4.74 Å². The highest BCUT2D eigenvalue weighted by Gasteiger charge is 2.17. The van der Waals surface area contributed by atoms with Crippen LogP contribution in [0.4, 0.5) is 4.79 Å². The van der Waals surface area contributed by atoms with Crippen molar-refractivity contribution >= 4 is 12.0 Å². The Morgan fingerprint density at radius 1 is 1.20 bits per heavy atom. The summed E-state index contributed by atoms with van der Waals surface area (Å²) in [7, 11) is 0. The molecular weight excluding hydrogens is 194 g/mol. The fourth-order valence-corrected chi connectivity index (χ4v) is 1.02. The quantitative estimate of drug-likeness (QED) is 0.733. The number of carbonyl (C=O) groups excluding carboxylic acids is 2. The molecule has 0 radical (unpaired) electrons. The zero-order valence-corrected chi connectivity index (χ0v) is 10.1. The van der Waals surface area contributed by atoms with E-state index in [0.717, 1.165) is 19.3 Å². The zero-order valence-electron chi connectivity index (χ0n) is 10.1. The summed E-state index contributed by atoms with van der Waals surface area (Å²) < 4.78 is 4.94. The van der Waals surface area contributed by atoms with Gasteiger partial charge in [0, 0.05) is 6.42 Å². The molecule has 2 amide bonds. The van der Waals surface area contributed by atoms with Crippen LogP contribution < -0.4 is 5.32 Å². The minimum absolute atomic E-state index is 0.266. The van der Waals surface area contributed by atoms with Crippen LogP contribution in [-0.4, -0.2) is 17.6 Å². The third kappa shape index (κ3) is 9.25. The van der Waals surface area contributed by atoms with Crippen molar-refractivity contribution in [2.45, 2.75) is 59.0 Å². The monoisotopic (exact) mass is 215 g/mol. The molecule has 0 unspecified atom stereocenters. The van der Waals surface area contributed by atoms with Gasteiger partial charge in [-0.3, -0.25) is 10.1 Å². The van der Waals surface area contributed by atoms with Crippen LogP contribution in [0.2, 0.25) is 0 Å². The number of alkyl carbamates (subject to hydrolysis) is 1. The number of amides is 2. The smallest absolute Gasteiger partial charge is 0.414 e. The summed E-state index contributed by atoms with van der Waals surface area (Å²) in [6, 6.07) is 0. The lowest BCUT2D eigenvalue weighted by atomic mass is 10.2. The molecular formula is C11H21NO3.